The number of phenolic OH excluding ortho intramolecular Hbond substituents is 1. The van der Waals surface area contributed by atoms with Crippen molar-refractivity contribution in [1.82, 2.24) is 0 Å². The van der Waals surface area contributed by atoms with Crippen molar-refractivity contribution in [1.29, 1.82) is 0 Å². The third-order valence-electron chi connectivity index (χ3n) is 5.10. The van der Waals surface area contributed by atoms with E-state index in [9.17, 15) is 14.7 Å². The fourth-order valence-electron chi connectivity index (χ4n) is 3.83. The zero-order valence-electron chi connectivity index (χ0n) is 14.4. The van der Waals surface area contributed by atoms with Gasteiger partial charge in [0.2, 0.25) is 0 Å². The Morgan fingerprint density at radius 1 is 1.38 bits per heavy atom. The average molecular weight is 482 g/mol. The molecule has 0 amide bonds. The highest BCUT2D eigenvalue weighted by Gasteiger charge is 2.56. The summed E-state index contributed by atoms with van der Waals surface area (Å²) in [4.78, 5) is 25.8. The van der Waals surface area contributed by atoms with Gasteiger partial charge in [-0.25, -0.2) is 0 Å². The molecule has 0 aromatic heterocycles. The Balaban J connectivity index is 2.27. The van der Waals surface area contributed by atoms with Crippen LogP contribution in [0.15, 0.2) is 52.6 Å². The zero-order valence-corrected chi connectivity index (χ0v) is 17.6. The van der Waals surface area contributed by atoms with Crippen LogP contribution in [0.3, 0.4) is 0 Å². The number of allylic oxidation sites excluding steroid dienone is 5. The molecule has 0 radical (unpaired) electrons. The van der Waals surface area contributed by atoms with Crippen LogP contribution in [0.2, 0.25) is 0 Å². The number of carbonyl (C=O) groups is 2. The molecular weight excluding hydrogens is 464 g/mol. The number of Topliss-reactive ketones (excluding diaryl/α,β-unsaturated/α-hetero) is 1. The summed E-state index contributed by atoms with van der Waals surface area (Å²) in [6, 6.07) is 3.44. The third kappa shape index (κ3) is 2.70. The largest absolute Gasteiger partial charge is 0.503 e. The van der Waals surface area contributed by atoms with Crippen LogP contribution in [-0.2, 0) is 9.59 Å². The Morgan fingerprint density at radius 3 is 2.69 bits per heavy atom. The second-order valence-corrected chi connectivity index (χ2v) is 8.68. The van der Waals surface area contributed by atoms with Gasteiger partial charge in [0.05, 0.1) is 11.6 Å². The number of ether oxygens (including phenoxy) is 1. The molecule has 4 nitrogen and oxygen atoms in total. The molecule has 0 bridgehead atoms. The Hall–Kier alpha value is -1.66. The number of halogens is 2. The van der Waals surface area contributed by atoms with Gasteiger partial charge in [-0.15, -0.1) is 0 Å². The molecule has 136 valence electrons. The predicted octanol–water partition coefficient (Wildman–Crippen LogP) is 4.61. The van der Waals surface area contributed by atoms with E-state index < -0.39 is 16.2 Å². The van der Waals surface area contributed by atoms with Gasteiger partial charge in [0.25, 0.3) is 0 Å². The summed E-state index contributed by atoms with van der Waals surface area (Å²) < 4.78 is 4.62. The monoisotopic (exact) mass is 480 g/mol. The first-order chi connectivity index (χ1) is 12.2. The lowest BCUT2D eigenvalue weighted by Gasteiger charge is -2.45. The van der Waals surface area contributed by atoms with Gasteiger partial charge in [0, 0.05) is 11.8 Å². The Bertz CT molecular complexity index is 884. The molecule has 1 aromatic carbocycles. The van der Waals surface area contributed by atoms with E-state index >= 15 is 0 Å². The van der Waals surface area contributed by atoms with E-state index in [0.29, 0.717) is 16.5 Å². The number of hydrogen-bond acceptors (Lipinski definition) is 4. The number of methoxy groups -OCH3 is 1. The lowest BCUT2D eigenvalue weighted by molar-refractivity contribution is -0.128. The Kier molecular flexibility index (Phi) is 5.01. The lowest BCUT2D eigenvalue weighted by atomic mass is 9.62. The van der Waals surface area contributed by atoms with Crippen LogP contribution >= 0.6 is 31.9 Å². The number of ketones is 2. The Labute approximate surface area is 168 Å². The second-order valence-electron chi connectivity index (χ2n) is 6.51. The number of carbonyl (C=O) groups excluding carboxylic acids is 2. The summed E-state index contributed by atoms with van der Waals surface area (Å²) >= 11 is 7.01. The molecule has 1 aromatic rings. The van der Waals surface area contributed by atoms with Crippen molar-refractivity contribution in [2.24, 2.45) is 5.92 Å². The van der Waals surface area contributed by atoms with Crippen LogP contribution < -0.4 is 4.74 Å². The van der Waals surface area contributed by atoms with Gasteiger partial charge in [-0.1, -0.05) is 34.7 Å². The number of hydrogen-bond donors (Lipinski definition) is 1. The van der Waals surface area contributed by atoms with Gasteiger partial charge in [-0.05, 0) is 64.2 Å². The van der Waals surface area contributed by atoms with Crippen LogP contribution in [-0.4, -0.2) is 28.1 Å². The number of aromatic hydroxyl groups is 1. The van der Waals surface area contributed by atoms with Crippen LogP contribution in [0.4, 0.5) is 0 Å². The topological polar surface area (TPSA) is 63.6 Å². The molecule has 0 saturated heterocycles. The highest BCUT2D eigenvalue weighted by Crippen LogP contribution is 2.55. The summed E-state index contributed by atoms with van der Waals surface area (Å²) in [5, 5.41) is 10.1. The van der Waals surface area contributed by atoms with Gasteiger partial charge in [0.15, 0.2) is 23.1 Å². The van der Waals surface area contributed by atoms with E-state index in [-0.39, 0.29) is 23.1 Å². The van der Waals surface area contributed by atoms with Crippen molar-refractivity contribution in [3.63, 3.8) is 0 Å². The van der Waals surface area contributed by atoms with E-state index in [1.807, 2.05) is 6.08 Å². The number of fused-ring (bicyclic) bond motifs is 1. The Morgan fingerprint density at radius 2 is 2.08 bits per heavy atom. The van der Waals surface area contributed by atoms with Gasteiger partial charge in [-0.2, -0.15) is 0 Å². The molecule has 6 heteroatoms. The second kappa shape index (κ2) is 6.82. The lowest BCUT2D eigenvalue weighted by Crippen LogP contribution is -2.53. The summed E-state index contributed by atoms with van der Waals surface area (Å²) in [6.07, 6.45) is 5.56. The molecule has 0 saturated carbocycles. The third-order valence-corrected chi connectivity index (χ3v) is 7.07. The molecular formula is C20H18Br2O4. The summed E-state index contributed by atoms with van der Waals surface area (Å²) in [5.74, 6) is -0.831. The molecule has 0 heterocycles. The summed E-state index contributed by atoms with van der Waals surface area (Å²) in [7, 11) is 1.46. The maximum absolute atomic E-state index is 13.2. The maximum Gasteiger partial charge on any atom is 0.177 e. The number of rotatable bonds is 3. The molecule has 3 rings (SSSR count). The van der Waals surface area contributed by atoms with E-state index in [1.165, 1.54) is 13.2 Å². The van der Waals surface area contributed by atoms with Crippen molar-refractivity contribution < 1.29 is 19.4 Å². The first kappa shape index (κ1) is 19.1. The fraction of sp³-hybridized carbons (Fsp3) is 0.300. The molecule has 3 atom stereocenters. The van der Waals surface area contributed by atoms with Crippen molar-refractivity contribution in [3.05, 3.63) is 58.1 Å². The van der Waals surface area contributed by atoms with E-state index in [2.05, 4.69) is 38.4 Å². The number of benzene rings is 1. The van der Waals surface area contributed by atoms with E-state index in [0.717, 1.165) is 11.1 Å². The van der Waals surface area contributed by atoms with Gasteiger partial charge in [-0.3, -0.25) is 9.59 Å². The SMILES string of the molecule is C=CC1=CC[C@H]2C(=O)C=C(C)C(=O)[C@@]2(Br)[C@H]1c1cc(Br)c(O)c(OC)c1. The quantitative estimate of drug-likeness (QED) is 0.640. The van der Waals surface area contributed by atoms with Crippen LogP contribution in [0, 0.1) is 5.92 Å². The number of phenols is 1. The fourth-order valence-corrected chi connectivity index (χ4v) is 5.55. The first-order valence-corrected chi connectivity index (χ1v) is 9.69. The summed E-state index contributed by atoms with van der Waals surface area (Å²) in [6.45, 7) is 5.54. The minimum atomic E-state index is -1.09. The minimum Gasteiger partial charge on any atom is -0.503 e. The maximum atomic E-state index is 13.2. The van der Waals surface area contributed by atoms with Gasteiger partial charge >= 0.3 is 0 Å². The van der Waals surface area contributed by atoms with Crippen molar-refractivity contribution in [2.45, 2.75) is 23.6 Å². The van der Waals surface area contributed by atoms with Crippen LogP contribution in [0.5, 0.6) is 11.5 Å². The molecule has 26 heavy (non-hydrogen) atoms. The standard InChI is InChI=1S/C20H18Br2O4/c1-4-11-5-6-13-15(23)7-10(2)19(25)20(13,22)17(11)12-8-14(21)18(24)16(9-12)26-3/h4-5,7-9,13,17,24H,1,6H2,2-3H3/t13-,17+,20-/m0/s1. The van der Waals surface area contributed by atoms with Crippen molar-refractivity contribution in [3.8, 4) is 11.5 Å². The normalized spacial score (nSPS) is 28.2. The van der Waals surface area contributed by atoms with Crippen molar-refractivity contribution >= 4 is 43.4 Å². The molecule has 0 fully saturated rings. The molecule has 1 N–H and O–H groups in total. The zero-order chi connectivity index (χ0) is 19.2. The van der Waals surface area contributed by atoms with Gasteiger partial charge < -0.3 is 9.84 Å². The average Bonchev–Trinajstić information content (AvgIpc) is 2.61. The molecule has 2 aliphatic rings. The smallest absolute Gasteiger partial charge is 0.177 e. The molecule has 0 unspecified atom stereocenters. The van der Waals surface area contributed by atoms with Crippen LogP contribution in [0.25, 0.3) is 0 Å². The summed E-state index contributed by atoms with van der Waals surface area (Å²) in [5.41, 5.74) is 2.03. The first-order valence-electron chi connectivity index (χ1n) is 8.10. The highest BCUT2D eigenvalue weighted by atomic mass is 79.9. The van der Waals surface area contributed by atoms with E-state index in [1.54, 1.807) is 25.1 Å². The van der Waals surface area contributed by atoms with E-state index in [4.69, 9.17) is 4.74 Å². The van der Waals surface area contributed by atoms with Gasteiger partial charge in [0.1, 0.15) is 4.32 Å². The minimum absolute atomic E-state index is 0.0153. The predicted molar refractivity (Wildman–Crippen MR) is 107 cm³/mol. The van der Waals surface area contributed by atoms with Crippen LogP contribution in [0.1, 0.15) is 24.8 Å². The molecule has 0 aliphatic heterocycles. The molecule has 0 spiro atoms. The van der Waals surface area contributed by atoms with Crippen molar-refractivity contribution in [2.75, 3.05) is 7.11 Å². The highest BCUT2D eigenvalue weighted by molar-refractivity contribution is 9.10. The molecule has 2 aliphatic carbocycles. The number of alkyl halides is 1.